The molecule has 1 fully saturated rings. The van der Waals surface area contributed by atoms with Gasteiger partial charge < -0.3 is 20.3 Å². The average Bonchev–Trinajstić information content (AvgIpc) is 2.54. The van der Waals surface area contributed by atoms with E-state index in [-0.39, 0.29) is 6.03 Å². The molecule has 6 heteroatoms. The predicted molar refractivity (Wildman–Crippen MR) is 87.0 cm³/mol. The SMILES string of the molecule is CN(C)c1cc(CNC(=O)NCC[C@H]2CCCCO2)ccn1. The van der Waals surface area contributed by atoms with Gasteiger partial charge in [0.25, 0.3) is 0 Å². The van der Waals surface area contributed by atoms with Gasteiger partial charge in [-0.3, -0.25) is 0 Å². The van der Waals surface area contributed by atoms with Crippen molar-refractivity contribution in [3.05, 3.63) is 23.9 Å². The number of pyridine rings is 1. The largest absolute Gasteiger partial charge is 0.378 e. The van der Waals surface area contributed by atoms with Gasteiger partial charge in [-0.15, -0.1) is 0 Å². The van der Waals surface area contributed by atoms with E-state index in [1.807, 2.05) is 31.1 Å². The molecule has 0 aromatic carbocycles. The second kappa shape index (κ2) is 8.58. The lowest BCUT2D eigenvalue weighted by atomic mass is 10.1. The number of aromatic nitrogens is 1. The molecule has 1 saturated heterocycles. The summed E-state index contributed by atoms with van der Waals surface area (Å²) >= 11 is 0. The minimum atomic E-state index is -0.140. The first-order valence-electron chi connectivity index (χ1n) is 7.90. The summed E-state index contributed by atoms with van der Waals surface area (Å²) in [5.74, 6) is 0.883. The fraction of sp³-hybridized carbons (Fsp3) is 0.625. The summed E-state index contributed by atoms with van der Waals surface area (Å²) < 4.78 is 5.64. The third-order valence-electron chi connectivity index (χ3n) is 3.75. The van der Waals surface area contributed by atoms with Crippen molar-refractivity contribution in [3.63, 3.8) is 0 Å². The lowest BCUT2D eigenvalue weighted by Gasteiger charge is -2.22. The minimum Gasteiger partial charge on any atom is -0.378 e. The molecule has 0 bridgehead atoms. The Morgan fingerprint density at radius 3 is 3.00 bits per heavy atom. The molecule has 2 heterocycles. The van der Waals surface area contributed by atoms with E-state index < -0.39 is 0 Å². The van der Waals surface area contributed by atoms with Crippen molar-refractivity contribution in [1.29, 1.82) is 0 Å². The number of hydrogen-bond acceptors (Lipinski definition) is 4. The van der Waals surface area contributed by atoms with Crippen molar-refractivity contribution in [3.8, 4) is 0 Å². The summed E-state index contributed by atoms with van der Waals surface area (Å²) in [4.78, 5) is 18.0. The third kappa shape index (κ3) is 5.52. The van der Waals surface area contributed by atoms with Gasteiger partial charge in [0, 0.05) is 40.0 Å². The molecule has 1 aliphatic heterocycles. The molecule has 1 aromatic heterocycles. The summed E-state index contributed by atoms with van der Waals surface area (Å²) in [6, 6.07) is 3.73. The van der Waals surface area contributed by atoms with Crippen LogP contribution in [0.3, 0.4) is 0 Å². The lowest BCUT2D eigenvalue weighted by molar-refractivity contribution is 0.0120. The monoisotopic (exact) mass is 306 g/mol. The Kier molecular flexibility index (Phi) is 6.45. The lowest BCUT2D eigenvalue weighted by Crippen LogP contribution is -2.37. The zero-order valence-electron chi connectivity index (χ0n) is 13.5. The summed E-state index contributed by atoms with van der Waals surface area (Å²) in [6.07, 6.45) is 6.43. The second-order valence-corrected chi connectivity index (χ2v) is 5.80. The molecule has 1 aliphatic rings. The Hall–Kier alpha value is -1.82. The van der Waals surface area contributed by atoms with Crippen molar-refractivity contribution in [1.82, 2.24) is 15.6 Å². The van der Waals surface area contributed by atoms with Crippen molar-refractivity contribution >= 4 is 11.8 Å². The van der Waals surface area contributed by atoms with E-state index in [9.17, 15) is 4.79 Å². The highest BCUT2D eigenvalue weighted by Gasteiger charge is 2.13. The molecular formula is C16H26N4O2. The third-order valence-corrected chi connectivity index (χ3v) is 3.75. The highest BCUT2D eigenvalue weighted by Crippen LogP contribution is 2.14. The molecule has 0 unspecified atom stereocenters. The number of urea groups is 1. The molecule has 1 atom stereocenters. The maximum absolute atomic E-state index is 11.8. The van der Waals surface area contributed by atoms with Crippen molar-refractivity contribution < 1.29 is 9.53 Å². The molecule has 1 aromatic rings. The van der Waals surface area contributed by atoms with Crippen LogP contribution < -0.4 is 15.5 Å². The predicted octanol–water partition coefficient (Wildman–Crippen LogP) is 1.91. The van der Waals surface area contributed by atoms with Gasteiger partial charge in [-0.1, -0.05) is 0 Å². The normalized spacial score (nSPS) is 17.8. The van der Waals surface area contributed by atoms with E-state index in [1.165, 1.54) is 6.42 Å². The van der Waals surface area contributed by atoms with Crippen LogP contribution in [0.5, 0.6) is 0 Å². The number of nitrogens with one attached hydrogen (secondary N) is 2. The molecule has 2 amide bonds. The van der Waals surface area contributed by atoms with Crippen LogP contribution in [0.4, 0.5) is 10.6 Å². The molecule has 6 nitrogen and oxygen atoms in total. The fourth-order valence-corrected chi connectivity index (χ4v) is 2.44. The van der Waals surface area contributed by atoms with Gasteiger partial charge in [0.15, 0.2) is 0 Å². The van der Waals surface area contributed by atoms with Crippen LogP contribution in [0.25, 0.3) is 0 Å². The molecule has 0 radical (unpaired) electrons. The van der Waals surface area contributed by atoms with E-state index in [4.69, 9.17) is 4.74 Å². The number of carbonyl (C=O) groups is 1. The molecule has 2 N–H and O–H groups in total. The van der Waals surface area contributed by atoms with E-state index in [0.717, 1.165) is 37.3 Å². The van der Waals surface area contributed by atoms with E-state index >= 15 is 0 Å². The molecule has 2 rings (SSSR count). The number of hydrogen-bond donors (Lipinski definition) is 2. The highest BCUT2D eigenvalue weighted by molar-refractivity contribution is 5.73. The van der Waals surface area contributed by atoms with Gasteiger partial charge in [-0.25, -0.2) is 9.78 Å². The number of anilines is 1. The van der Waals surface area contributed by atoms with Crippen LogP contribution in [0, 0.1) is 0 Å². The van der Waals surface area contributed by atoms with Crippen LogP contribution in [0.2, 0.25) is 0 Å². The first-order valence-corrected chi connectivity index (χ1v) is 7.90. The van der Waals surface area contributed by atoms with Crippen LogP contribution in [-0.4, -0.2) is 44.4 Å². The maximum atomic E-state index is 11.8. The van der Waals surface area contributed by atoms with Gasteiger partial charge in [0.1, 0.15) is 5.82 Å². The molecule has 0 saturated carbocycles. The smallest absolute Gasteiger partial charge is 0.315 e. The Morgan fingerprint density at radius 2 is 2.27 bits per heavy atom. The second-order valence-electron chi connectivity index (χ2n) is 5.80. The first-order chi connectivity index (χ1) is 10.6. The van der Waals surface area contributed by atoms with E-state index in [2.05, 4.69) is 15.6 Å². The van der Waals surface area contributed by atoms with E-state index in [1.54, 1.807) is 6.20 Å². The van der Waals surface area contributed by atoms with Crippen molar-refractivity contribution in [2.75, 3.05) is 32.1 Å². The summed E-state index contributed by atoms with van der Waals surface area (Å²) in [7, 11) is 3.89. The summed E-state index contributed by atoms with van der Waals surface area (Å²) in [6.45, 7) is 2.00. The molecule has 0 spiro atoms. The minimum absolute atomic E-state index is 0.140. The molecule has 0 aliphatic carbocycles. The summed E-state index contributed by atoms with van der Waals surface area (Å²) in [5, 5.41) is 5.75. The van der Waals surface area contributed by atoms with Crippen LogP contribution in [-0.2, 0) is 11.3 Å². The average molecular weight is 306 g/mol. The number of amides is 2. The molecule has 22 heavy (non-hydrogen) atoms. The number of ether oxygens (including phenoxy) is 1. The number of rotatable bonds is 6. The quantitative estimate of drug-likeness (QED) is 0.842. The number of carbonyl (C=O) groups excluding carboxylic acids is 1. The number of nitrogens with zero attached hydrogens (tertiary/aromatic N) is 2. The summed E-state index contributed by atoms with van der Waals surface area (Å²) in [5.41, 5.74) is 1.03. The standard InChI is InChI=1S/C16H26N4O2/c1-20(2)15-11-13(6-8-17-15)12-19-16(21)18-9-7-14-5-3-4-10-22-14/h6,8,11,14H,3-5,7,9-10,12H2,1-2H3,(H2,18,19,21)/t14-/m1/s1. The Balaban J connectivity index is 1.65. The van der Waals surface area contributed by atoms with E-state index in [0.29, 0.717) is 19.2 Å². The highest BCUT2D eigenvalue weighted by atomic mass is 16.5. The topological polar surface area (TPSA) is 66.5 Å². The van der Waals surface area contributed by atoms with Crippen LogP contribution >= 0.6 is 0 Å². The zero-order chi connectivity index (χ0) is 15.8. The fourth-order valence-electron chi connectivity index (χ4n) is 2.44. The maximum Gasteiger partial charge on any atom is 0.315 e. The van der Waals surface area contributed by atoms with Crippen LogP contribution in [0.1, 0.15) is 31.2 Å². The van der Waals surface area contributed by atoms with Crippen molar-refractivity contribution in [2.24, 2.45) is 0 Å². The van der Waals surface area contributed by atoms with Gasteiger partial charge in [0.05, 0.1) is 6.10 Å². The van der Waals surface area contributed by atoms with Gasteiger partial charge in [-0.2, -0.15) is 0 Å². The Bertz CT molecular complexity index is 473. The Morgan fingerprint density at radius 1 is 1.41 bits per heavy atom. The Labute approximate surface area is 132 Å². The van der Waals surface area contributed by atoms with Crippen molar-refractivity contribution in [2.45, 2.75) is 38.3 Å². The first kappa shape index (κ1) is 16.5. The van der Waals surface area contributed by atoms with Gasteiger partial charge in [0.2, 0.25) is 0 Å². The molecule has 122 valence electrons. The molecular weight excluding hydrogens is 280 g/mol. The van der Waals surface area contributed by atoms with Gasteiger partial charge >= 0.3 is 6.03 Å². The van der Waals surface area contributed by atoms with Gasteiger partial charge in [-0.05, 0) is 43.4 Å². The zero-order valence-corrected chi connectivity index (χ0v) is 13.5. The van der Waals surface area contributed by atoms with Crippen LogP contribution in [0.15, 0.2) is 18.3 Å².